The van der Waals surface area contributed by atoms with Crippen molar-refractivity contribution in [2.75, 3.05) is 18.9 Å². The molecule has 2 rings (SSSR count). The fraction of sp³-hybridized carbons (Fsp3) is 0.357. The van der Waals surface area contributed by atoms with Crippen LogP contribution in [0.2, 0.25) is 0 Å². The van der Waals surface area contributed by atoms with Gasteiger partial charge in [0.05, 0.1) is 12.3 Å². The zero-order valence-corrected chi connectivity index (χ0v) is 12.9. The zero-order chi connectivity index (χ0) is 15.1. The second-order valence-electron chi connectivity index (χ2n) is 4.51. The Labute approximate surface area is 127 Å². The van der Waals surface area contributed by atoms with Crippen molar-refractivity contribution in [3.05, 3.63) is 35.7 Å². The highest BCUT2D eigenvalue weighted by Gasteiger charge is 2.05. The average Bonchev–Trinajstić information content (AvgIpc) is 2.87. The number of carbonyl (C=O) groups excluding carboxylic acids is 1. The summed E-state index contributed by atoms with van der Waals surface area (Å²) in [7, 11) is 0. The number of hydrogen-bond donors (Lipinski definition) is 2. The number of aryl methyl sites for hydroxylation is 2. The van der Waals surface area contributed by atoms with Crippen molar-refractivity contribution in [3.8, 4) is 5.75 Å². The lowest BCUT2D eigenvalue weighted by molar-refractivity contribution is -0.118. The minimum Gasteiger partial charge on any atom is -0.492 e. The zero-order valence-electron chi connectivity index (χ0n) is 12.0. The maximum atomic E-state index is 11.6. The molecular weight excluding hydrogens is 288 g/mol. The average molecular weight is 306 g/mol. The van der Waals surface area contributed by atoms with Crippen LogP contribution in [0.1, 0.15) is 11.4 Å². The van der Waals surface area contributed by atoms with E-state index in [4.69, 9.17) is 4.74 Å². The molecule has 0 aliphatic rings. The fourth-order valence-electron chi connectivity index (χ4n) is 1.63. The minimum atomic E-state index is -0.0599. The van der Waals surface area contributed by atoms with E-state index in [1.54, 1.807) is 0 Å². The molecule has 0 radical (unpaired) electrons. The van der Waals surface area contributed by atoms with Gasteiger partial charge in [-0.3, -0.25) is 9.89 Å². The third-order valence-electron chi connectivity index (χ3n) is 2.59. The molecule has 0 bridgehead atoms. The lowest BCUT2D eigenvalue weighted by Gasteiger charge is -2.07. The van der Waals surface area contributed by atoms with Crippen molar-refractivity contribution in [2.24, 2.45) is 0 Å². The molecule has 0 saturated carbocycles. The summed E-state index contributed by atoms with van der Waals surface area (Å²) in [5.74, 6) is 1.79. The Morgan fingerprint density at radius 1 is 1.43 bits per heavy atom. The molecule has 6 nitrogen and oxygen atoms in total. The second-order valence-corrected chi connectivity index (χ2v) is 5.45. The van der Waals surface area contributed by atoms with Gasteiger partial charge in [-0.15, -0.1) is 5.10 Å². The number of hydrogen-bond acceptors (Lipinski definition) is 5. The quantitative estimate of drug-likeness (QED) is 0.601. The molecule has 2 N–H and O–H groups in total. The Hall–Kier alpha value is -2.02. The minimum absolute atomic E-state index is 0.0599. The molecule has 21 heavy (non-hydrogen) atoms. The standard InChI is InChI=1S/C14H18N4O2S/c1-10-4-3-5-12(8-10)20-7-6-15-13(19)9-21-14-16-11(2)17-18-14/h3-5,8H,6-7,9H2,1-2H3,(H,15,19)(H,16,17,18). The van der Waals surface area contributed by atoms with Crippen molar-refractivity contribution in [3.63, 3.8) is 0 Å². The number of aromatic nitrogens is 3. The molecule has 1 amide bonds. The van der Waals surface area contributed by atoms with Gasteiger partial charge in [0, 0.05) is 0 Å². The highest BCUT2D eigenvalue weighted by atomic mass is 32.2. The van der Waals surface area contributed by atoms with Crippen LogP contribution in [-0.4, -0.2) is 40.0 Å². The molecule has 2 aromatic rings. The number of carbonyl (C=O) groups is 1. The summed E-state index contributed by atoms with van der Waals surface area (Å²) in [6.45, 7) is 4.75. The number of amides is 1. The van der Waals surface area contributed by atoms with Crippen LogP contribution in [0, 0.1) is 13.8 Å². The molecule has 0 atom stereocenters. The Bertz CT molecular complexity index is 600. The highest BCUT2D eigenvalue weighted by molar-refractivity contribution is 7.99. The fourth-order valence-corrected chi connectivity index (χ4v) is 2.31. The Balaban J connectivity index is 1.61. The van der Waals surface area contributed by atoms with E-state index in [2.05, 4.69) is 20.5 Å². The molecule has 1 aromatic carbocycles. The summed E-state index contributed by atoms with van der Waals surface area (Å²) in [5.41, 5.74) is 1.15. The van der Waals surface area contributed by atoms with Crippen molar-refractivity contribution < 1.29 is 9.53 Å². The van der Waals surface area contributed by atoms with E-state index in [1.165, 1.54) is 11.8 Å². The Kier molecular flexibility index (Phi) is 5.62. The van der Waals surface area contributed by atoms with Crippen molar-refractivity contribution in [2.45, 2.75) is 19.0 Å². The Morgan fingerprint density at radius 2 is 2.29 bits per heavy atom. The van der Waals surface area contributed by atoms with Gasteiger partial charge in [-0.1, -0.05) is 23.9 Å². The summed E-state index contributed by atoms with van der Waals surface area (Å²) in [4.78, 5) is 15.8. The largest absolute Gasteiger partial charge is 0.492 e. The molecule has 0 saturated heterocycles. The molecule has 0 unspecified atom stereocenters. The topological polar surface area (TPSA) is 79.9 Å². The van der Waals surface area contributed by atoms with E-state index in [1.807, 2.05) is 38.1 Å². The molecule has 0 aliphatic heterocycles. The maximum absolute atomic E-state index is 11.6. The molecule has 0 aliphatic carbocycles. The van der Waals surface area contributed by atoms with Crippen molar-refractivity contribution in [1.29, 1.82) is 0 Å². The number of nitrogens with zero attached hydrogens (tertiary/aromatic N) is 2. The van der Waals surface area contributed by atoms with Gasteiger partial charge in [-0.05, 0) is 31.5 Å². The lowest BCUT2D eigenvalue weighted by Crippen LogP contribution is -2.29. The third-order valence-corrected chi connectivity index (χ3v) is 3.44. The molecule has 1 heterocycles. The van der Waals surface area contributed by atoms with Crippen LogP contribution in [0.4, 0.5) is 0 Å². The van der Waals surface area contributed by atoms with Crippen LogP contribution in [-0.2, 0) is 4.79 Å². The van der Waals surface area contributed by atoms with Crippen LogP contribution >= 0.6 is 11.8 Å². The number of rotatable bonds is 7. The van der Waals surface area contributed by atoms with Crippen LogP contribution in [0.15, 0.2) is 29.4 Å². The molecule has 0 fully saturated rings. The first-order valence-corrected chi connectivity index (χ1v) is 7.60. The number of ether oxygens (including phenoxy) is 1. The van der Waals surface area contributed by atoms with Gasteiger partial charge in [0.15, 0.2) is 0 Å². The summed E-state index contributed by atoms with van der Waals surface area (Å²) in [5, 5.41) is 10.1. The van der Waals surface area contributed by atoms with E-state index < -0.39 is 0 Å². The second kappa shape index (κ2) is 7.68. The number of aromatic amines is 1. The smallest absolute Gasteiger partial charge is 0.230 e. The van der Waals surface area contributed by atoms with Crippen LogP contribution in [0.5, 0.6) is 5.75 Å². The number of H-pyrrole nitrogens is 1. The van der Waals surface area contributed by atoms with Crippen molar-refractivity contribution in [1.82, 2.24) is 20.5 Å². The molecule has 1 aromatic heterocycles. The molecular formula is C14H18N4O2S. The van der Waals surface area contributed by atoms with Gasteiger partial charge < -0.3 is 10.1 Å². The monoisotopic (exact) mass is 306 g/mol. The maximum Gasteiger partial charge on any atom is 0.230 e. The number of benzene rings is 1. The van der Waals surface area contributed by atoms with E-state index in [-0.39, 0.29) is 5.91 Å². The van der Waals surface area contributed by atoms with Gasteiger partial charge in [0.2, 0.25) is 11.1 Å². The van der Waals surface area contributed by atoms with Gasteiger partial charge in [0.25, 0.3) is 0 Å². The SMILES string of the molecule is Cc1cccc(OCCNC(=O)CSc2n[nH]c(C)n2)c1. The normalized spacial score (nSPS) is 10.4. The molecule has 112 valence electrons. The molecule has 0 spiro atoms. The van der Waals surface area contributed by atoms with E-state index in [0.717, 1.165) is 17.1 Å². The van der Waals surface area contributed by atoms with Gasteiger partial charge in [-0.25, -0.2) is 4.98 Å². The highest BCUT2D eigenvalue weighted by Crippen LogP contribution is 2.12. The first kappa shape index (κ1) is 15.4. The summed E-state index contributed by atoms with van der Waals surface area (Å²) in [6.07, 6.45) is 0. The summed E-state index contributed by atoms with van der Waals surface area (Å²) >= 11 is 1.30. The summed E-state index contributed by atoms with van der Waals surface area (Å²) in [6, 6.07) is 7.81. The number of nitrogens with one attached hydrogen (secondary N) is 2. The van der Waals surface area contributed by atoms with E-state index >= 15 is 0 Å². The van der Waals surface area contributed by atoms with Crippen LogP contribution in [0.25, 0.3) is 0 Å². The van der Waals surface area contributed by atoms with E-state index in [9.17, 15) is 4.79 Å². The lowest BCUT2D eigenvalue weighted by atomic mass is 10.2. The predicted molar refractivity (Wildman–Crippen MR) is 81.5 cm³/mol. The van der Waals surface area contributed by atoms with Crippen LogP contribution < -0.4 is 10.1 Å². The third kappa shape index (κ3) is 5.47. The number of thioether (sulfide) groups is 1. The molecule has 7 heteroatoms. The van der Waals surface area contributed by atoms with Crippen LogP contribution in [0.3, 0.4) is 0 Å². The first-order chi connectivity index (χ1) is 10.1. The predicted octanol–water partition coefficient (Wildman–Crippen LogP) is 1.71. The van der Waals surface area contributed by atoms with E-state index in [0.29, 0.717) is 24.1 Å². The summed E-state index contributed by atoms with van der Waals surface area (Å²) < 4.78 is 5.55. The Morgan fingerprint density at radius 3 is 3.00 bits per heavy atom. The van der Waals surface area contributed by atoms with Crippen molar-refractivity contribution >= 4 is 17.7 Å². The first-order valence-electron chi connectivity index (χ1n) is 6.61. The van der Waals surface area contributed by atoms with Gasteiger partial charge in [-0.2, -0.15) is 0 Å². The van der Waals surface area contributed by atoms with Gasteiger partial charge in [0.1, 0.15) is 18.2 Å². The van der Waals surface area contributed by atoms with Gasteiger partial charge >= 0.3 is 0 Å².